The summed E-state index contributed by atoms with van der Waals surface area (Å²) in [6, 6.07) is 17.0. The number of carbonyl (C=O) groups excluding carboxylic acids is 1. The maximum Gasteiger partial charge on any atom is 0.259 e. The highest BCUT2D eigenvalue weighted by molar-refractivity contribution is 6.00. The number of nitrogens with one attached hydrogen (secondary N) is 2. The van der Waals surface area contributed by atoms with E-state index in [1.165, 1.54) is 0 Å². The highest BCUT2D eigenvalue weighted by Gasteiger charge is 2.08. The fourth-order valence-corrected chi connectivity index (χ4v) is 2.37. The molecule has 0 spiro atoms. The Balaban J connectivity index is 1.60. The van der Waals surface area contributed by atoms with E-state index in [-0.39, 0.29) is 12.5 Å². The molecule has 0 saturated carbocycles. The predicted octanol–water partition coefficient (Wildman–Crippen LogP) is 3.39. The average Bonchev–Trinajstić information content (AvgIpc) is 3.09. The molecule has 1 amide bonds. The second-order valence-corrected chi connectivity index (χ2v) is 5.43. The molecule has 0 aliphatic heterocycles. The maximum absolute atomic E-state index is 12.0. The van der Waals surface area contributed by atoms with Gasteiger partial charge in [0.25, 0.3) is 5.91 Å². The van der Waals surface area contributed by atoms with Crippen LogP contribution in [0.2, 0.25) is 0 Å². The Morgan fingerprint density at radius 1 is 1.16 bits per heavy atom. The van der Waals surface area contributed by atoms with E-state index < -0.39 is 0 Å². The Labute approximate surface area is 145 Å². The van der Waals surface area contributed by atoms with Crippen LogP contribution in [-0.4, -0.2) is 25.3 Å². The van der Waals surface area contributed by atoms with Gasteiger partial charge in [-0.15, -0.1) is 0 Å². The number of carbonyl (C=O) groups is 1. The smallest absolute Gasteiger partial charge is 0.259 e. The van der Waals surface area contributed by atoms with Gasteiger partial charge >= 0.3 is 0 Å². The maximum atomic E-state index is 12.0. The molecule has 0 aliphatic rings. The van der Waals surface area contributed by atoms with Crippen molar-refractivity contribution in [2.24, 2.45) is 5.10 Å². The standard InChI is InChI=1S/C19H19N3O3/c1-13(18-11-14-7-3-5-9-16(14)25-18)21-22-19(23)12-20-15-8-4-6-10-17(15)24-2/h3-11,20H,12H2,1-2H3,(H,22,23)/b21-13+. The Kier molecular flexibility index (Phi) is 4.99. The van der Waals surface area contributed by atoms with Crippen LogP contribution in [0.4, 0.5) is 5.69 Å². The van der Waals surface area contributed by atoms with Gasteiger partial charge in [-0.2, -0.15) is 5.10 Å². The van der Waals surface area contributed by atoms with Crippen LogP contribution >= 0.6 is 0 Å². The molecule has 3 rings (SSSR count). The van der Waals surface area contributed by atoms with Crippen molar-refractivity contribution in [2.45, 2.75) is 6.92 Å². The lowest BCUT2D eigenvalue weighted by atomic mass is 10.2. The van der Waals surface area contributed by atoms with E-state index in [2.05, 4.69) is 15.8 Å². The van der Waals surface area contributed by atoms with Gasteiger partial charge in [0.05, 0.1) is 19.3 Å². The minimum atomic E-state index is -0.263. The fourth-order valence-electron chi connectivity index (χ4n) is 2.37. The molecule has 1 heterocycles. The molecule has 128 valence electrons. The first kappa shape index (κ1) is 16.6. The third-order valence-electron chi connectivity index (χ3n) is 3.68. The van der Waals surface area contributed by atoms with Crippen LogP contribution in [-0.2, 0) is 4.79 Å². The van der Waals surface area contributed by atoms with Crippen LogP contribution in [0, 0.1) is 0 Å². The summed E-state index contributed by atoms with van der Waals surface area (Å²) in [5.74, 6) is 1.04. The van der Waals surface area contributed by atoms with Crippen molar-refractivity contribution in [3.8, 4) is 5.75 Å². The van der Waals surface area contributed by atoms with Gasteiger partial charge in [0.1, 0.15) is 17.0 Å². The van der Waals surface area contributed by atoms with E-state index in [9.17, 15) is 4.79 Å². The molecule has 0 fully saturated rings. The number of ether oxygens (including phenoxy) is 1. The van der Waals surface area contributed by atoms with Gasteiger partial charge in [-0.3, -0.25) is 4.79 Å². The van der Waals surface area contributed by atoms with Crippen LogP contribution in [0.1, 0.15) is 12.7 Å². The van der Waals surface area contributed by atoms with Crippen LogP contribution in [0.15, 0.2) is 64.1 Å². The van der Waals surface area contributed by atoms with E-state index in [4.69, 9.17) is 9.15 Å². The molecule has 2 aromatic carbocycles. The number of rotatable bonds is 6. The largest absolute Gasteiger partial charge is 0.495 e. The average molecular weight is 337 g/mol. The van der Waals surface area contributed by atoms with Gasteiger partial charge in [0, 0.05) is 5.39 Å². The molecular weight excluding hydrogens is 318 g/mol. The number of amides is 1. The number of nitrogens with zero attached hydrogens (tertiary/aromatic N) is 1. The summed E-state index contributed by atoms with van der Waals surface area (Å²) in [5.41, 5.74) is 4.65. The highest BCUT2D eigenvalue weighted by atomic mass is 16.5. The molecule has 0 atom stereocenters. The number of anilines is 1. The molecule has 0 bridgehead atoms. The van der Waals surface area contributed by atoms with Crippen LogP contribution in [0.3, 0.4) is 0 Å². The van der Waals surface area contributed by atoms with E-state index in [0.717, 1.165) is 16.7 Å². The summed E-state index contributed by atoms with van der Waals surface area (Å²) in [5, 5.41) is 8.11. The van der Waals surface area contributed by atoms with Crippen molar-refractivity contribution in [1.82, 2.24) is 5.43 Å². The van der Waals surface area contributed by atoms with Crippen molar-refractivity contribution >= 4 is 28.3 Å². The van der Waals surface area contributed by atoms with E-state index in [0.29, 0.717) is 17.2 Å². The number of hydrogen-bond acceptors (Lipinski definition) is 5. The van der Waals surface area contributed by atoms with Crippen molar-refractivity contribution in [3.63, 3.8) is 0 Å². The van der Waals surface area contributed by atoms with E-state index in [1.807, 2.05) is 54.6 Å². The second kappa shape index (κ2) is 7.53. The Morgan fingerprint density at radius 3 is 2.72 bits per heavy atom. The molecule has 0 unspecified atom stereocenters. The minimum absolute atomic E-state index is 0.0806. The third-order valence-corrected chi connectivity index (χ3v) is 3.68. The molecule has 2 N–H and O–H groups in total. The number of benzene rings is 2. The monoisotopic (exact) mass is 337 g/mol. The first-order chi connectivity index (χ1) is 12.2. The molecular formula is C19H19N3O3. The van der Waals surface area contributed by atoms with Gasteiger partial charge in [-0.1, -0.05) is 30.3 Å². The quantitative estimate of drug-likeness (QED) is 0.534. The lowest BCUT2D eigenvalue weighted by Crippen LogP contribution is -2.26. The Bertz CT molecular complexity index is 882. The van der Waals surface area contributed by atoms with Crippen molar-refractivity contribution in [3.05, 3.63) is 60.4 Å². The van der Waals surface area contributed by atoms with Crippen LogP contribution in [0.5, 0.6) is 5.75 Å². The molecule has 6 nitrogen and oxygen atoms in total. The van der Waals surface area contributed by atoms with Crippen molar-refractivity contribution in [1.29, 1.82) is 0 Å². The first-order valence-corrected chi connectivity index (χ1v) is 7.86. The first-order valence-electron chi connectivity index (χ1n) is 7.86. The van der Waals surface area contributed by atoms with Crippen LogP contribution in [0.25, 0.3) is 11.0 Å². The molecule has 0 saturated heterocycles. The molecule has 0 aliphatic carbocycles. The molecule has 3 aromatic rings. The minimum Gasteiger partial charge on any atom is -0.495 e. The zero-order valence-corrected chi connectivity index (χ0v) is 14.1. The number of furan rings is 1. The number of methoxy groups -OCH3 is 1. The van der Waals surface area contributed by atoms with Gasteiger partial charge in [-0.05, 0) is 31.2 Å². The summed E-state index contributed by atoms with van der Waals surface area (Å²) in [6.07, 6.45) is 0. The van der Waals surface area contributed by atoms with Gasteiger partial charge < -0.3 is 14.5 Å². The van der Waals surface area contributed by atoms with Gasteiger partial charge in [-0.25, -0.2) is 5.43 Å². The topological polar surface area (TPSA) is 75.9 Å². The number of fused-ring (bicyclic) bond motifs is 1. The number of hydrogen-bond donors (Lipinski definition) is 2. The molecule has 1 aromatic heterocycles. The Hall–Kier alpha value is -3.28. The fraction of sp³-hybridized carbons (Fsp3) is 0.158. The second-order valence-electron chi connectivity index (χ2n) is 5.43. The zero-order valence-electron chi connectivity index (χ0n) is 14.1. The molecule has 25 heavy (non-hydrogen) atoms. The zero-order chi connectivity index (χ0) is 17.6. The molecule has 0 radical (unpaired) electrons. The SMILES string of the molecule is COc1ccccc1NCC(=O)N/N=C(\C)c1cc2ccccc2o1. The number of hydrazone groups is 1. The Morgan fingerprint density at radius 2 is 1.92 bits per heavy atom. The lowest BCUT2D eigenvalue weighted by molar-refractivity contribution is -0.119. The summed E-state index contributed by atoms with van der Waals surface area (Å²) in [6.45, 7) is 1.86. The highest BCUT2D eigenvalue weighted by Crippen LogP contribution is 2.22. The summed E-state index contributed by atoms with van der Waals surface area (Å²) in [4.78, 5) is 12.0. The summed E-state index contributed by atoms with van der Waals surface area (Å²) >= 11 is 0. The van der Waals surface area contributed by atoms with Crippen LogP contribution < -0.4 is 15.5 Å². The predicted molar refractivity (Wildman–Crippen MR) is 98.1 cm³/mol. The van der Waals surface area contributed by atoms with E-state index >= 15 is 0 Å². The van der Waals surface area contributed by atoms with Crippen molar-refractivity contribution in [2.75, 3.05) is 19.0 Å². The lowest BCUT2D eigenvalue weighted by Gasteiger charge is -2.09. The molecule has 6 heteroatoms. The number of para-hydroxylation sites is 3. The van der Waals surface area contributed by atoms with Gasteiger partial charge in [0.15, 0.2) is 5.76 Å². The normalized spacial score (nSPS) is 11.4. The summed E-state index contributed by atoms with van der Waals surface area (Å²) < 4.78 is 10.9. The van der Waals surface area contributed by atoms with Gasteiger partial charge in [0.2, 0.25) is 0 Å². The summed E-state index contributed by atoms with van der Waals surface area (Å²) in [7, 11) is 1.58. The third kappa shape index (κ3) is 3.98. The van der Waals surface area contributed by atoms with E-state index in [1.54, 1.807) is 14.0 Å². The van der Waals surface area contributed by atoms with Crippen molar-refractivity contribution < 1.29 is 13.9 Å².